The first-order chi connectivity index (χ1) is 7.22. The minimum absolute atomic E-state index is 0.0659. The number of furan rings is 1. The van der Waals surface area contributed by atoms with Crippen molar-refractivity contribution in [3.05, 3.63) is 23.1 Å². The Morgan fingerprint density at radius 1 is 1.67 bits per heavy atom. The molecule has 1 atom stereocenters. The van der Waals surface area contributed by atoms with Crippen LogP contribution in [0.15, 0.2) is 16.5 Å². The molecule has 1 saturated heterocycles. The molecule has 2 rings (SSSR count). The first-order valence-corrected chi connectivity index (χ1v) is 6.34. The predicted octanol–water partition coefficient (Wildman–Crippen LogP) is 2.93. The number of alkyl halides is 1. The molecule has 0 saturated carbocycles. The van der Waals surface area contributed by atoms with E-state index < -0.39 is 0 Å². The lowest BCUT2D eigenvalue weighted by Crippen LogP contribution is -2.36. The summed E-state index contributed by atoms with van der Waals surface area (Å²) in [6, 6.07) is 3.49. The minimum Gasteiger partial charge on any atom is -0.440 e. The molecule has 1 amide bonds. The van der Waals surface area contributed by atoms with Crippen LogP contribution in [0, 0.1) is 0 Å². The van der Waals surface area contributed by atoms with Crippen LogP contribution in [0.25, 0.3) is 0 Å². The SMILES string of the molecule is O=C(c1ccc(Cl)o1)N1CCCC1CBr. The van der Waals surface area contributed by atoms with Crippen LogP contribution in [0.4, 0.5) is 0 Å². The smallest absolute Gasteiger partial charge is 0.289 e. The van der Waals surface area contributed by atoms with E-state index in [-0.39, 0.29) is 17.2 Å². The normalized spacial score (nSPS) is 20.9. The van der Waals surface area contributed by atoms with E-state index in [1.807, 2.05) is 4.90 Å². The number of nitrogens with zero attached hydrogens (tertiary/aromatic N) is 1. The molecular weight excluding hydrogens is 281 g/mol. The fourth-order valence-corrected chi connectivity index (χ4v) is 2.65. The van der Waals surface area contributed by atoms with Crippen LogP contribution >= 0.6 is 27.5 Å². The fraction of sp³-hybridized carbons (Fsp3) is 0.500. The van der Waals surface area contributed by atoms with Crippen molar-refractivity contribution < 1.29 is 9.21 Å². The number of carbonyl (C=O) groups excluding carboxylic acids is 1. The maximum absolute atomic E-state index is 12.0. The van der Waals surface area contributed by atoms with Crippen molar-refractivity contribution >= 4 is 33.4 Å². The van der Waals surface area contributed by atoms with Gasteiger partial charge in [-0.25, -0.2) is 0 Å². The molecule has 15 heavy (non-hydrogen) atoms. The number of rotatable bonds is 2. The molecule has 5 heteroatoms. The Labute approximate surface area is 102 Å². The van der Waals surface area contributed by atoms with Gasteiger partial charge in [0.05, 0.1) is 0 Å². The zero-order chi connectivity index (χ0) is 10.8. The highest BCUT2D eigenvalue weighted by atomic mass is 79.9. The van der Waals surface area contributed by atoms with Gasteiger partial charge in [0.25, 0.3) is 5.91 Å². The van der Waals surface area contributed by atoms with Gasteiger partial charge in [0.2, 0.25) is 0 Å². The third kappa shape index (κ3) is 2.21. The molecule has 1 aliphatic rings. The van der Waals surface area contributed by atoms with Crippen molar-refractivity contribution in [2.24, 2.45) is 0 Å². The molecule has 82 valence electrons. The lowest BCUT2D eigenvalue weighted by Gasteiger charge is -2.21. The maximum Gasteiger partial charge on any atom is 0.289 e. The fourth-order valence-electron chi connectivity index (χ4n) is 1.83. The second-order valence-electron chi connectivity index (χ2n) is 3.55. The molecule has 0 radical (unpaired) electrons. The van der Waals surface area contributed by atoms with Crippen LogP contribution < -0.4 is 0 Å². The number of halogens is 2. The summed E-state index contributed by atoms with van der Waals surface area (Å²) in [5.74, 6) is 0.261. The van der Waals surface area contributed by atoms with E-state index in [0.29, 0.717) is 5.76 Å². The monoisotopic (exact) mass is 291 g/mol. The van der Waals surface area contributed by atoms with Crippen molar-refractivity contribution in [3.63, 3.8) is 0 Å². The highest BCUT2D eigenvalue weighted by Crippen LogP contribution is 2.23. The molecule has 1 aromatic rings. The Kier molecular flexibility index (Phi) is 3.36. The summed E-state index contributed by atoms with van der Waals surface area (Å²) in [6.07, 6.45) is 2.10. The summed E-state index contributed by atoms with van der Waals surface area (Å²) in [6.45, 7) is 0.799. The molecule has 3 nitrogen and oxygen atoms in total. The van der Waals surface area contributed by atoms with Gasteiger partial charge in [-0.3, -0.25) is 4.79 Å². The van der Waals surface area contributed by atoms with E-state index in [1.165, 1.54) is 0 Å². The first-order valence-electron chi connectivity index (χ1n) is 4.84. The largest absolute Gasteiger partial charge is 0.440 e. The first kappa shape index (κ1) is 11.0. The number of amides is 1. The Balaban J connectivity index is 2.13. The van der Waals surface area contributed by atoms with Crippen molar-refractivity contribution in [3.8, 4) is 0 Å². The van der Waals surface area contributed by atoms with E-state index in [1.54, 1.807) is 12.1 Å². The van der Waals surface area contributed by atoms with Gasteiger partial charge < -0.3 is 9.32 Å². The van der Waals surface area contributed by atoms with E-state index in [2.05, 4.69) is 15.9 Å². The standard InChI is InChI=1S/C10H11BrClNO2/c11-6-7-2-1-5-13(7)10(14)8-3-4-9(12)15-8/h3-4,7H,1-2,5-6H2. The zero-order valence-corrected chi connectivity index (χ0v) is 10.4. The minimum atomic E-state index is -0.0659. The Hall–Kier alpha value is -0.480. The van der Waals surface area contributed by atoms with E-state index in [4.69, 9.17) is 16.0 Å². The van der Waals surface area contributed by atoms with Crippen LogP contribution in [0.3, 0.4) is 0 Å². The third-order valence-corrected chi connectivity index (χ3v) is 3.55. The number of hydrogen-bond donors (Lipinski definition) is 0. The summed E-state index contributed by atoms with van der Waals surface area (Å²) >= 11 is 9.05. The second kappa shape index (κ2) is 4.58. The summed E-state index contributed by atoms with van der Waals surface area (Å²) in [4.78, 5) is 13.8. The van der Waals surface area contributed by atoms with Crippen LogP contribution in [-0.4, -0.2) is 28.7 Å². The average Bonchev–Trinajstić information content (AvgIpc) is 2.84. The summed E-state index contributed by atoms with van der Waals surface area (Å²) in [5.41, 5.74) is 0. The van der Waals surface area contributed by atoms with E-state index in [0.717, 1.165) is 24.7 Å². The molecule has 2 heterocycles. The van der Waals surface area contributed by atoms with Gasteiger partial charge in [-0.05, 0) is 36.6 Å². The molecule has 1 aromatic heterocycles. The van der Waals surface area contributed by atoms with Crippen molar-refractivity contribution in [2.45, 2.75) is 18.9 Å². The van der Waals surface area contributed by atoms with Gasteiger partial charge in [0.1, 0.15) is 0 Å². The van der Waals surface area contributed by atoms with Gasteiger partial charge in [-0.15, -0.1) is 0 Å². The molecular formula is C10H11BrClNO2. The molecule has 0 N–H and O–H groups in total. The Morgan fingerprint density at radius 2 is 2.47 bits per heavy atom. The van der Waals surface area contributed by atoms with Gasteiger partial charge in [0, 0.05) is 17.9 Å². The Bertz CT molecular complexity index is 366. The Morgan fingerprint density at radius 3 is 3.07 bits per heavy atom. The highest BCUT2D eigenvalue weighted by molar-refractivity contribution is 9.09. The highest BCUT2D eigenvalue weighted by Gasteiger charge is 2.29. The molecule has 0 spiro atoms. The maximum atomic E-state index is 12.0. The molecule has 1 aliphatic heterocycles. The molecule has 1 unspecified atom stereocenters. The number of hydrogen-bond acceptors (Lipinski definition) is 2. The van der Waals surface area contributed by atoms with Crippen LogP contribution in [0.5, 0.6) is 0 Å². The summed E-state index contributed by atoms with van der Waals surface area (Å²) in [5, 5.41) is 1.07. The van der Waals surface area contributed by atoms with Crippen LogP contribution in [-0.2, 0) is 0 Å². The average molecular weight is 293 g/mol. The molecule has 0 aliphatic carbocycles. The summed E-state index contributed by atoms with van der Waals surface area (Å²) < 4.78 is 5.11. The molecule has 1 fully saturated rings. The zero-order valence-electron chi connectivity index (χ0n) is 8.08. The lowest BCUT2D eigenvalue weighted by atomic mass is 10.2. The van der Waals surface area contributed by atoms with Gasteiger partial charge in [-0.1, -0.05) is 15.9 Å². The van der Waals surface area contributed by atoms with Crippen molar-refractivity contribution in [2.75, 3.05) is 11.9 Å². The van der Waals surface area contributed by atoms with Gasteiger partial charge in [0.15, 0.2) is 11.0 Å². The third-order valence-electron chi connectivity index (χ3n) is 2.60. The van der Waals surface area contributed by atoms with Crippen molar-refractivity contribution in [1.82, 2.24) is 4.90 Å². The summed E-state index contributed by atoms with van der Waals surface area (Å²) in [7, 11) is 0. The predicted molar refractivity (Wildman–Crippen MR) is 61.6 cm³/mol. The van der Waals surface area contributed by atoms with E-state index in [9.17, 15) is 4.79 Å². The van der Waals surface area contributed by atoms with Crippen LogP contribution in [0.1, 0.15) is 23.4 Å². The van der Waals surface area contributed by atoms with E-state index >= 15 is 0 Å². The second-order valence-corrected chi connectivity index (χ2v) is 4.57. The molecule has 0 bridgehead atoms. The van der Waals surface area contributed by atoms with Crippen molar-refractivity contribution in [1.29, 1.82) is 0 Å². The van der Waals surface area contributed by atoms with Crippen LogP contribution in [0.2, 0.25) is 5.22 Å². The van der Waals surface area contributed by atoms with Gasteiger partial charge >= 0.3 is 0 Å². The van der Waals surface area contributed by atoms with Gasteiger partial charge in [-0.2, -0.15) is 0 Å². The molecule has 0 aromatic carbocycles. The quantitative estimate of drug-likeness (QED) is 0.785. The lowest BCUT2D eigenvalue weighted by molar-refractivity contribution is 0.0718. The number of carbonyl (C=O) groups is 1. The topological polar surface area (TPSA) is 33.5 Å². The number of likely N-dealkylation sites (tertiary alicyclic amines) is 1.